The van der Waals surface area contributed by atoms with Crippen LogP contribution >= 0.6 is 0 Å². The highest BCUT2D eigenvalue weighted by atomic mass is 16.6. The van der Waals surface area contributed by atoms with Crippen molar-refractivity contribution in [3.63, 3.8) is 0 Å². The van der Waals surface area contributed by atoms with Crippen molar-refractivity contribution >= 4 is 11.9 Å². The zero-order valence-corrected chi connectivity index (χ0v) is 15.4. The molecule has 1 heterocycles. The number of aliphatic hydroxyl groups is 1. The van der Waals surface area contributed by atoms with Crippen LogP contribution in [0, 0.1) is 17.8 Å². The van der Waals surface area contributed by atoms with Gasteiger partial charge < -0.3 is 20.3 Å². The first-order valence-corrected chi connectivity index (χ1v) is 8.60. The van der Waals surface area contributed by atoms with Gasteiger partial charge in [-0.15, -0.1) is 0 Å². The van der Waals surface area contributed by atoms with Crippen LogP contribution in [0.25, 0.3) is 0 Å². The molecule has 1 aliphatic heterocycles. The van der Waals surface area contributed by atoms with Crippen LogP contribution in [-0.2, 0) is 14.3 Å². The van der Waals surface area contributed by atoms with Crippen molar-refractivity contribution in [3.05, 3.63) is 0 Å². The molecule has 1 saturated heterocycles. The lowest BCUT2D eigenvalue weighted by molar-refractivity contribution is -0.247. The summed E-state index contributed by atoms with van der Waals surface area (Å²) in [6, 6.07) is 0. The Hall–Kier alpha value is -1.18. The van der Waals surface area contributed by atoms with Gasteiger partial charge in [0.05, 0.1) is 17.4 Å². The van der Waals surface area contributed by atoms with Crippen molar-refractivity contribution in [2.75, 3.05) is 19.6 Å². The number of hydrogen-bond donors (Lipinski definition) is 3. The molecular weight excluding hydrogens is 312 g/mol. The van der Waals surface area contributed by atoms with Gasteiger partial charge in [-0.05, 0) is 39.5 Å². The van der Waals surface area contributed by atoms with Gasteiger partial charge in [0.25, 0.3) is 0 Å². The Morgan fingerprint density at radius 1 is 1.25 bits per heavy atom. The van der Waals surface area contributed by atoms with E-state index in [0.717, 1.165) is 6.42 Å². The van der Waals surface area contributed by atoms with E-state index < -0.39 is 29.8 Å². The number of carbonyl (C=O) groups is 2. The lowest BCUT2D eigenvalue weighted by Gasteiger charge is -2.39. The normalized spacial score (nSPS) is 24.0. The molecule has 7 nitrogen and oxygen atoms in total. The molecule has 1 amide bonds. The topological polar surface area (TPSA) is 99.1 Å². The number of piperidine rings is 1. The molecule has 0 saturated carbocycles. The van der Waals surface area contributed by atoms with E-state index in [1.54, 1.807) is 0 Å². The number of likely N-dealkylation sites (tertiary alicyclic amines) is 1. The van der Waals surface area contributed by atoms with Crippen LogP contribution in [0.3, 0.4) is 0 Å². The molecule has 1 unspecified atom stereocenters. The summed E-state index contributed by atoms with van der Waals surface area (Å²) < 4.78 is 5.50. The molecular formula is C17H32N2O5. The van der Waals surface area contributed by atoms with E-state index in [0.29, 0.717) is 12.5 Å². The number of carboxylic acid groups (broad SMARTS) is 1. The third-order valence-electron chi connectivity index (χ3n) is 3.99. The molecule has 7 heteroatoms. The fraction of sp³-hybridized carbons (Fsp3) is 0.882. The van der Waals surface area contributed by atoms with Gasteiger partial charge >= 0.3 is 5.97 Å². The van der Waals surface area contributed by atoms with Crippen LogP contribution in [0.1, 0.15) is 47.5 Å². The Morgan fingerprint density at radius 3 is 2.33 bits per heavy atom. The number of carboxylic acids is 1. The summed E-state index contributed by atoms with van der Waals surface area (Å²) in [5.41, 5.74) is -0.565. The van der Waals surface area contributed by atoms with Crippen molar-refractivity contribution in [2.45, 2.75) is 59.5 Å². The first-order valence-electron chi connectivity index (χ1n) is 8.60. The summed E-state index contributed by atoms with van der Waals surface area (Å²) in [6.45, 7) is 10.6. The van der Waals surface area contributed by atoms with E-state index in [4.69, 9.17) is 4.74 Å². The van der Waals surface area contributed by atoms with Crippen LogP contribution in [0.15, 0.2) is 0 Å². The van der Waals surface area contributed by atoms with Gasteiger partial charge in [0, 0.05) is 19.6 Å². The molecule has 0 spiro atoms. The minimum Gasteiger partial charge on any atom is -0.481 e. The molecule has 24 heavy (non-hydrogen) atoms. The van der Waals surface area contributed by atoms with E-state index in [1.807, 2.05) is 20.8 Å². The van der Waals surface area contributed by atoms with Crippen molar-refractivity contribution in [3.8, 4) is 0 Å². The van der Waals surface area contributed by atoms with Crippen LogP contribution in [0.4, 0.5) is 0 Å². The van der Waals surface area contributed by atoms with Gasteiger partial charge in [0.2, 0.25) is 12.3 Å². The van der Waals surface area contributed by atoms with Crippen LogP contribution < -0.4 is 5.32 Å². The molecule has 1 fully saturated rings. The summed E-state index contributed by atoms with van der Waals surface area (Å²) in [6.07, 6.45) is -0.0693. The minimum absolute atomic E-state index is 0.158. The minimum atomic E-state index is -1.22. The van der Waals surface area contributed by atoms with Gasteiger partial charge in [0.15, 0.2) is 0 Å². The number of nitrogens with zero attached hydrogens (tertiary/aromatic N) is 1. The first kappa shape index (κ1) is 20.9. The standard InChI is InChI=1S/C17H32N2O5/c1-11(2)6-7-18-14(20)12-8-13(15(21)22)10-19(9-12)16(23)24-17(3,4)5/h11-13,16,23H,6-10H2,1-5H3,(H,18,20)(H,21,22)/t12-,13+,16?/m1/s1. The van der Waals surface area contributed by atoms with Gasteiger partial charge in [-0.3, -0.25) is 14.5 Å². The summed E-state index contributed by atoms with van der Waals surface area (Å²) >= 11 is 0. The Morgan fingerprint density at radius 2 is 1.83 bits per heavy atom. The molecule has 0 aromatic heterocycles. The van der Waals surface area contributed by atoms with Gasteiger partial charge in [-0.25, -0.2) is 0 Å². The molecule has 0 radical (unpaired) electrons. The highest BCUT2D eigenvalue weighted by molar-refractivity contribution is 5.80. The summed E-state index contributed by atoms with van der Waals surface area (Å²) in [5.74, 6) is -1.79. The number of amides is 1. The Labute approximate surface area is 144 Å². The number of aliphatic carboxylic acids is 1. The van der Waals surface area contributed by atoms with Crippen molar-refractivity contribution < 1.29 is 24.5 Å². The molecule has 3 atom stereocenters. The summed E-state index contributed by atoms with van der Waals surface area (Å²) in [7, 11) is 0. The van der Waals surface area contributed by atoms with E-state index in [1.165, 1.54) is 4.90 Å². The molecule has 0 bridgehead atoms. The molecule has 1 aliphatic rings. The van der Waals surface area contributed by atoms with Crippen LogP contribution in [0.2, 0.25) is 0 Å². The summed E-state index contributed by atoms with van der Waals surface area (Å²) in [5, 5.41) is 22.4. The van der Waals surface area contributed by atoms with E-state index in [2.05, 4.69) is 19.2 Å². The molecule has 3 N–H and O–H groups in total. The summed E-state index contributed by atoms with van der Waals surface area (Å²) in [4.78, 5) is 25.3. The second kappa shape index (κ2) is 8.78. The molecule has 1 rings (SSSR count). The lowest BCUT2D eigenvalue weighted by Crippen LogP contribution is -2.53. The molecule has 0 aromatic carbocycles. The van der Waals surface area contributed by atoms with Gasteiger partial charge in [-0.1, -0.05) is 13.8 Å². The van der Waals surface area contributed by atoms with Crippen molar-refractivity contribution in [1.82, 2.24) is 10.2 Å². The average molecular weight is 344 g/mol. The monoisotopic (exact) mass is 344 g/mol. The number of aliphatic hydroxyl groups excluding tert-OH is 1. The number of nitrogens with one attached hydrogen (secondary N) is 1. The maximum atomic E-state index is 12.3. The van der Waals surface area contributed by atoms with E-state index in [-0.39, 0.29) is 25.4 Å². The lowest BCUT2D eigenvalue weighted by atomic mass is 9.88. The maximum Gasteiger partial charge on any atom is 0.307 e. The van der Waals surface area contributed by atoms with E-state index >= 15 is 0 Å². The smallest absolute Gasteiger partial charge is 0.307 e. The quantitative estimate of drug-likeness (QED) is 0.602. The molecule has 0 aliphatic carbocycles. The largest absolute Gasteiger partial charge is 0.481 e. The van der Waals surface area contributed by atoms with Crippen molar-refractivity contribution in [2.24, 2.45) is 17.8 Å². The Bertz CT molecular complexity index is 433. The predicted molar refractivity (Wildman–Crippen MR) is 90.1 cm³/mol. The first-order chi connectivity index (χ1) is 11.0. The highest BCUT2D eigenvalue weighted by Gasteiger charge is 2.38. The van der Waals surface area contributed by atoms with Crippen LogP contribution in [-0.4, -0.2) is 58.6 Å². The third kappa shape index (κ3) is 7.15. The number of ether oxygens (including phenoxy) is 1. The fourth-order valence-corrected chi connectivity index (χ4v) is 2.70. The SMILES string of the molecule is CC(C)CCNC(=O)[C@@H]1C[C@H](C(=O)O)CN(C(O)OC(C)(C)C)C1. The van der Waals surface area contributed by atoms with Gasteiger partial charge in [-0.2, -0.15) is 0 Å². The zero-order chi connectivity index (χ0) is 18.5. The predicted octanol–water partition coefficient (Wildman–Crippen LogP) is 1.26. The maximum absolute atomic E-state index is 12.3. The number of hydrogen-bond acceptors (Lipinski definition) is 5. The number of carbonyl (C=O) groups excluding carboxylic acids is 1. The molecule has 0 aromatic rings. The third-order valence-corrected chi connectivity index (χ3v) is 3.99. The number of rotatable bonds is 7. The average Bonchev–Trinajstić information content (AvgIpc) is 2.44. The zero-order valence-electron chi connectivity index (χ0n) is 15.4. The van der Waals surface area contributed by atoms with E-state index in [9.17, 15) is 19.8 Å². The van der Waals surface area contributed by atoms with Gasteiger partial charge in [0.1, 0.15) is 0 Å². The van der Waals surface area contributed by atoms with Crippen molar-refractivity contribution in [1.29, 1.82) is 0 Å². The fourth-order valence-electron chi connectivity index (χ4n) is 2.70. The second-order valence-electron chi connectivity index (χ2n) is 7.95. The molecule has 140 valence electrons. The second-order valence-corrected chi connectivity index (χ2v) is 7.95. The Balaban J connectivity index is 2.71. The van der Waals surface area contributed by atoms with Crippen LogP contribution in [0.5, 0.6) is 0 Å². The highest BCUT2D eigenvalue weighted by Crippen LogP contribution is 2.25. The Kier molecular flexibility index (Phi) is 7.63.